The second kappa shape index (κ2) is 8.31. The van der Waals surface area contributed by atoms with Crippen molar-refractivity contribution in [2.24, 2.45) is 11.0 Å². The number of hydrogen-bond acceptors (Lipinski definition) is 2. The van der Waals surface area contributed by atoms with Crippen LogP contribution in [0, 0.1) is 11.7 Å². The Balaban J connectivity index is 1.57. The smallest absolute Gasteiger partial charge is 0.267 e. The lowest BCUT2D eigenvalue weighted by Crippen LogP contribution is -2.31. The summed E-state index contributed by atoms with van der Waals surface area (Å²) in [4.78, 5) is 13.4. The summed E-state index contributed by atoms with van der Waals surface area (Å²) in [5.41, 5.74) is 4.85. The van der Waals surface area contributed by atoms with Crippen LogP contribution in [-0.2, 0) is 0 Å². The number of carbonyl (C=O) groups excluding carboxylic acids is 1. The first-order valence-corrected chi connectivity index (χ1v) is 10.7. The summed E-state index contributed by atoms with van der Waals surface area (Å²) < 4.78 is 13.4. The molecule has 2 atom stereocenters. The molecule has 0 saturated heterocycles. The van der Waals surface area contributed by atoms with Crippen LogP contribution in [0.5, 0.6) is 0 Å². The molecule has 5 rings (SSSR count). The molecule has 0 bridgehead atoms. The number of amides is 1. The molecule has 1 saturated carbocycles. The number of rotatable bonds is 3. The Bertz CT molecular complexity index is 1140. The van der Waals surface area contributed by atoms with Crippen LogP contribution in [0.2, 0.25) is 0 Å². The van der Waals surface area contributed by atoms with E-state index in [9.17, 15) is 9.18 Å². The minimum atomic E-state index is -0.356. The van der Waals surface area contributed by atoms with E-state index in [4.69, 9.17) is 5.10 Å². The fourth-order valence-corrected chi connectivity index (χ4v) is 4.63. The zero-order chi connectivity index (χ0) is 21.2. The molecule has 3 nitrogen and oxygen atoms in total. The molecule has 2 unspecified atom stereocenters. The Morgan fingerprint density at radius 2 is 1.61 bits per heavy atom. The van der Waals surface area contributed by atoms with Gasteiger partial charge in [-0.2, -0.15) is 5.10 Å². The average molecular weight is 410 g/mol. The topological polar surface area (TPSA) is 32.7 Å². The average Bonchev–Trinajstić information content (AvgIpc) is 3.21. The van der Waals surface area contributed by atoms with Crippen molar-refractivity contribution in [3.8, 4) is 0 Å². The van der Waals surface area contributed by atoms with Crippen molar-refractivity contribution in [3.05, 3.63) is 113 Å². The predicted octanol–water partition coefficient (Wildman–Crippen LogP) is 6.26. The van der Waals surface area contributed by atoms with Crippen LogP contribution in [-0.4, -0.2) is 16.6 Å². The van der Waals surface area contributed by atoms with E-state index < -0.39 is 0 Å². The number of hydrogen-bond donors (Lipinski definition) is 0. The molecule has 1 aliphatic carbocycles. The van der Waals surface area contributed by atoms with Crippen LogP contribution in [0.15, 0.2) is 95.6 Å². The highest BCUT2D eigenvalue weighted by Gasteiger charge is 2.43. The van der Waals surface area contributed by atoms with Crippen molar-refractivity contribution in [3.63, 3.8) is 0 Å². The molecule has 0 N–H and O–H groups in total. The first-order valence-electron chi connectivity index (χ1n) is 10.7. The summed E-state index contributed by atoms with van der Waals surface area (Å²) >= 11 is 0. The van der Waals surface area contributed by atoms with Crippen molar-refractivity contribution in [2.45, 2.75) is 25.3 Å². The Kier molecular flexibility index (Phi) is 5.21. The zero-order valence-corrected chi connectivity index (χ0v) is 17.1. The van der Waals surface area contributed by atoms with E-state index in [0.29, 0.717) is 5.56 Å². The molecule has 1 fully saturated rings. The van der Waals surface area contributed by atoms with Crippen molar-refractivity contribution in [1.29, 1.82) is 0 Å². The Morgan fingerprint density at radius 1 is 0.935 bits per heavy atom. The number of carbonyl (C=O) groups is 1. The molecule has 0 spiro atoms. The first kappa shape index (κ1) is 19.4. The van der Waals surface area contributed by atoms with Crippen LogP contribution in [0.3, 0.4) is 0 Å². The molecule has 1 heterocycles. The van der Waals surface area contributed by atoms with E-state index in [1.54, 1.807) is 5.01 Å². The second-order valence-electron chi connectivity index (χ2n) is 8.08. The summed E-state index contributed by atoms with van der Waals surface area (Å²) in [6, 6.07) is 25.9. The third-order valence-corrected chi connectivity index (χ3v) is 6.08. The van der Waals surface area contributed by atoms with Gasteiger partial charge in [-0.3, -0.25) is 4.79 Å². The molecule has 2 aliphatic rings. The fourth-order valence-electron chi connectivity index (χ4n) is 4.63. The molecule has 154 valence electrons. The zero-order valence-electron chi connectivity index (χ0n) is 17.1. The van der Waals surface area contributed by atoms with Gasteiger partial charge in [0.2, 0.25) is 0 Å². The quantitative estimate of drug-likeness (QED) is 0.501. The Labute approximate surface area is 181 Å². The van der Waals surface area contributed by atoms with Crippen molar-refractivity contribution >= 4 is 17.7 Å². The monoisotopic (exact) mass is 410 g/mol. The van der Waals surface area contributed by atoms with Crippen LogP contribution >= 0.6 is 0 Å². The van der Waals surface area contributed by atoms with E-state index in [2.05, 4.69) is 30.3 Å². The van der Waals surface area contributed by atoms with Crippen LogP contribution in [0.1, 0.15) is 46.8 Å². The van der Waals surface area contributed by atoms with Gasteiger partial charge in [0, 0.05) is 11.5 Å². The SMILES string of the molecule is O=C(c1ccc(F)cc1)N1N=C2/C(=C\c3ccccc3)CCCC2C1c1ccccc1. The normalized spacial score (nSPS) is 21.6. The van der Waals surface area contributed by atoms with Crippen LogP contribution < -0.4 is 0 Å². The molecule has 1 amide bonds. The molecule has 31 heavy (non-hydrogen) atoms. The molecule has 3 aromatic rings. The minimum absolute atomic E-state index is 0.149. The maximum atomic E-state index is 13.4. The maximum absolute atomic E-state index is 13.4. The van der Waals surface area contributed by atoms with Gasteiger partial charge in [0.05, 0.1) is 11.8 Å². The standard InChI is InChI=1S/C27H23FN2O/c28-23-16-14-21(15-17-23)27(31)30-26(20-10-5-2-6-11-20)24-13-7-12-22(25(24)29-30)18-19-8-3-1-4-9-19/h1-6,8-11,14-18,24,26H,7,12-13H2/b22-18-. The number of hydrazone groups is 1. The van der Waals surface area contributed by atoms with Gasteiger partial charge in [0.1, 0.15) is 5.82 Å². The molecular formula is C27H23FN2O. The predicted molar refractivity (Wildman–Crippen MR) is 121 cm³/mol. The second-order valence-corrected chi connectivity index (χ2v) is 8.08. The number of halogens is 1. The molecule has 1 aliphatic heterocycles. The largest absolute Gasteiger partial charge is 0.274 e. The van der Waals surface area contributed by atoms with Gasteiger partial charge in [-0.15, -0.1) is 0 Å². The Hall–Kier alpha value is -3.53. The Morgan fingerprint density at radius 3 is 2.32 bits per heavy atom. The van der Waals surface area contributed by atoms with Gasteiger partial charge >= 0.3 is 0 Å². The van der Waals surface area contributed by atoms with Gasteiger partial charge < -0.3 is 0 Å². The van der Waals surface area contributed by atoms with Gasteiger partial charge in [-0.05, 0) is 66.3 Å². The van der Waals surface area contributed by atoms with Gasteiger partial charge in [-0.1, -0.05) is 60.7 Å². The molecule has 4 heteroatoms. The van der Waals surface area contributed by atoms with Crippen LogP contribution in [0.4, 0.5) is 4.39 Å². The number of fused-ring (bicyclic) bond motifs is 1. The highest BCUT2D eigenvalue weighted by atomic mass is 19.1. The van der Waals surface area contributed by atoms with E-state index in [-0.39, 0.29) is 23.7 Å². The third-order valence-electron chi connectivity index (χ3n) is 6.08. The van der Waals surface area contributed by atoms with E-state index in [1.807, 2.05) is 36.4 Å². The number of benzene rings is 3. The van der Waals surface area contributed by atoms with E-state index >= 15 is 0 Å². The van der Waals surface area contributed by atoms with Crippen LogP contribution in [0.25, 0.3) is 6.08 Å². The molecular weight excluding hydrogens is 387 g/mol. The lowest BCUT2D eigenvalue weighted by Gasteiger charge is -2.29. The first-order chi connectivity index (χ1) is 15.2. The van der Waals surface area contributed by atoms with E-state index in [1.165, 1.54) is 29.8 Å². The highest BCUT2D eigenvalue weighted by Crippen LogP contribution is 2.44. The van der Waals surface area contributed by atoms with Crippen molar-refractivity contribution in [2.75, 3.05) is 0 Å². The molecule has 0 aromatic heterocycles. The maximum Gasteiger partial charge on any atom is 0.274 e. The summed E-state index contributed by atoms with van der Waals surface area (Å²) in [6.45, 7) is 0. The molecule has 3 aromatic carbocycles. The summed E-state index contributed by atoms with van der Waals surface area (Å²) in [6.07, 6.45) is 5.19. The third kappa shape index (κ3) is 3.81. The molecule has 0 radical (unpaired) electrons. The fraction of sp³-hybridized carbons (Fsp3) is 0.185. The van der Waals surface area contributed by atoms with Crippen molar-refractivity contribution in [1.82, 2.24) is 5.01 Å². The number of nitrogens with zero attached hydrogens (tertiary/aromatic N) is 2. The summed E-state index contributed by atoms with van der Waals surface area (Å²) in [5, 5.41) is 6.50. The van der Waals surface area contributed by atoms with Crippen molar-refractivity contribution < 1.29 is 9.18 Å². The lowest BCUT2D eigenvalue weighted by molar-refractivity contribution is 0.0681. The minimum Gasteiger partial charge on any atom is -0.267 e. The summed E-state index contributed by atoms with van der Waals surface area (Å²) in [5.74, 6) is -0.407. The lowest BCUT2D eigenvalue weighted by atomic mass is 9.77. The van der Waals surface area contributed by atoms with E-state index in [0.717, 1.165) is 36.1 Å². The number of allylic oxidation sites excluding steroid dienone is 1. The highest BCUT2D eigenvalue weighted by molar-refractivity contribution is 6.09. The summed E-state index contributed by atoms with van der Waals surface area (Å²) in [7, 11) is 0. The van der Waals surface area contributed by atoms with Gasteiger partial charge in [0.15, 0.2) is 0 Å². The van der Waals surface area contributed by atoms with Gasteiger partial charge in [-0.25, -0.2) is 9.40 Å². The van der Waals surface area contributed by atoms with Gasteiger partial charge in [0.25, 0.3) is 5.91 Å².